The maximum absolute atomic E-state index is 11.3. The van der Waals surface area contributed by atoms with Crippen molar-refractivity contribution in [2.75, 3.05) is 13.1 Å². The van der Waals surface area contributed by atoms with Crippen LogP contribution in [0.4, 0.5) is 0 Å². The zero-order valence-corrected chi connectivity index (χ0v) is 11.5. The summed E-state index contributed by atoms with van der Waals surface area (Å²) in [6.45, 7) is 3.06. The molecule has 1 aromatic rings. The SMILES string of the molecule is CCc1nc(CC(=O)NCCN)cs1.Cl.Cl. The van der Waals surface area contributed by atoms with Crippen molar-refractivity contribution in [2.45, 2.75) is 19.8 Å². The van der Waals surface area contributed by atoms with E-state index in [0.717, 1.165) is 17.1 Å². The van der Waals surface area contributed by atoms with Gasteiger partial charge in [0.25, 0.3) is 0 Å². The number of carbonyl (C=O) groups excluding carboxylic acids is 1. The molecule has 0 atom stereocenters. The number of nitrogens with zero attached hydrogens (tertiary/aromatic N) is 1. The fourth-order valence-corrected chi connectivity index (χ4v) is 1.78. The number of aryl methyl sites for hydroxylation is 1. The van der Waals surface area contributed by atoms with Crippen molar-refractivity contribution in [2.24, 2.45) is 5.73 Å². The van der Waals surface area contributed by atoms with Gasteiger partial charge in [0.15, 0.2) is 0 Å². The Hall–Kier alpha value is -0.360. The highest BCUT2D eigenvalue weighted by atomic mass is 35.5. The molecule has 0 aromatic carbocycles. The smallest absolute Gasteiger partial charge is 0.226 e. The highest BCUT2D eigenvalue weighted by molar-refractivity contribution is 7.09. The highest BCUT2D eigenvalue weighted by Crippen LogP contribution is 2.10. The average Bonchev–Trinajstić information content (AvgIpc) is 2.62. The van der Waals surface area contributed by atoms with Crippen LogP contribution in [-0.4, -0.2) is 24.0 Å². The number of hydrogen-bond donors (Lipinski definition) is 2. The summed E-state index contributed by atoms with van der Waals surface area (Å²) in [5.41, 5.74) is 6.12. The normalized spacial score (nSPS) is 8.88. The third-order valence-corrected chi connectivity index (χ3v) is 2.75. The molecule has 1 heterocycles. The molecule has 0 spiro atoms. The molecule has 0 saturated heterocycles. The summed E-state index contributed by atoms with van der Waals surface area (Å²) in [7, 11) is 0. The molecule has 1 amide bonds. The molecule has 0 unspecified atom stereocenters. The van der Waals surface area contributed by atoms with Gasteiger partial charge in [-0.3, -0.25) is 4.79 Å². The topological polar surface area (TPSA) is 68.0 Å². The zero-order chi connectivity index (χ0) is 10.4. The summed E-state index contributed by atoms with van der Waals surface area (Å²) in [6.07, 6.45) is 1.28. The number of nitrogens with one attached hydrogen (secondary N) is 1. The lowest BCUT2D eigenvalue weighted by molar-refractivity contribution is -0.120. The minimum atomic E-state index is -0.0107. The van der Waals surface area contributed by atoms with Gasteiger partial charge in [-0.2, -0.15) is 0 Å². The van der Waals surface area contributed by atoms with E-state index in [4.69, 9.17) is 5.73 Å². The fourth-order valence-electron chi connectivity index (χ4n) is 1.03. The van der Waals surface area contributed by atoms with Crippen LogP contribution in [0.1, 0.15) is 17.6 Å². The largest absolute Gasteiger partial charge is 0.354 e. The van der Waals surface area contributed by atoms with E-state index in [1.807, 2.05) is 5.38 Å². The summed E-state index contributed by atoms with van der Waals surface area (Å²) in [4.78, 5) is 15.6. The van der Waals surface area contributed by atoms with Gasteiger partial charge in [-0.1, -0.05) is 6.92 Å². The number of nitrogens with two attached hydrogens (primary N) is 1. The molecule has 94 valence electrons. The minimum Gasteiger partial charge on any atom is -0.354 e. The molecule has 16 heavy (non-hydrogen) atoms. The van der Waals surface area contributed by atoms with Crippen LogP contribution in [-0.2, 0) is 17.6 Å². The molecule has 0 aliphatic rings. The first kappa shape index (κ1) is 18.0. The van der Waals surface area contributed by atoms with Crippen molar-refractivity contribution in [1.29, 1.82) is 0 Å². The quantitative estimate of drug-likeness (QED) is 0.853. The van der Waals surface area contributed by atoms with E-state index in [-0.39, 0.29) is 30.7 Å². The molecule has 0 aliphatic heterocycles. The molecule has 0 bridgehead atoms. The number of thiazole rings is 1. The van der Waals surface area contributed by atoms with Gasteiger partial charge in [-0.05, 0) is 6.42 Å². The third-order valence-electron chi connectivity index (χ3n) is 1.71. The lowest BCUT2D eigenvalue weighted by atomic mass is 10.3. The standard InChI is InChI=1S/C9H15N3OS.2ClH/c1-2-9-12-7(6-14-9)5-8(13)11-4-3-10;;/h6H,2-5,10H2,1H3,(H,11,13);2*1H. The second kappa shape index (κ2) is 9.84. The van der Waals surface area contributed by atoms with Crippen LogP contribution in [0, 0.1) is 0 Å². The Balaban J connectivity index is 0. The first-order chi connectivity index (χ1) is 6.76. The fraction of sp³-hybridized carbons (Fsp3) is 0.556. The van der Waals surface area contributed by atoms with Gasteiger partial charge in [0.2, 0.25) is 5.91 Å². The van der Waals surface area contributed by atoms with Crippen LogP contribution >= 0.6 is 36.2 Å². The van der Waals surface area contributed by atoms with E-state index in [1.54, 1.807) is 11.3 Å². The van der Waals surface area contributed by atoms with Gasteiger partial charge in [-0.25, -0.2) is 4.98 Å². The van der Waals surface area contributed by atoms with Gasteiger partial charge in [0.05, 0.1) is 17.1 Å². The summed E-state index contributed by atoms with van der Waals surface area (Å²) in [5.74, 6) is -0.0107. The van der Waals surface area contributed by atoms with Crippen LogP contribution in [0.5, 0.6) is 0 Å². The predicted molar refractivity (Wildman–Crippen MR) is 71.8 cm³/mol. The maximum atomic E-state index is 11.3. The molecule has 0 saturated carbocycles. The van der Waals surface area contributed by atoms with Crippen molar-refractivity contribution in [3.8, 4) is 0 Å². The number of aromatic nitrogens is 1. The second-order valence-electron chi connectivity index (χ2n) is 2.90. The maximum Gasteiger partial charge on any atom is 0.226 e. The Morgan fingerprint density at radius 2 is 2.25 bits per heavy atom. The number of rotatable bonds is 5. The van der Waals surface area contributed by atoms with Crippen LogP contribution < -0.4 is 11.1 Å². The van der Waals surface area contributed by atoms with Gasteiger partial charge in [0.1, 0.15) is 0 Å². The molecule has 3 N–H and O–H groups in total. The number of carbonyl (C=O) groups is 1. The van der Waals surface area contributed by atoms with Gasteiger partial charge >= 0.3 is 0 Å². The van der Waals surface area contributed by atoms with Crippen LogP contribution in [0.2, 0.25) is 0 Å². The van der Waals surface area contributed by atoms with Crippen LogP contribution in [0.3, 0.4) is 0 Å². The van der Waals surface area contributed by atoms with E-state index >= 15 is 0 Å². The Bertz CT molecular complexity index is 307. The Kier molecular flexibility index (Phi) is 11.1. The summed E-state index contributed by atoms with van der Waals surface area (Å²) >= 11 is 1.60. The Morgan fingerprint density at radius 3 is 2.75 bits per heavy atom. The number of amides is 1. The highest BCUT2D eigenvalue weighted by Gasteiger charge is 2.05. The van der Waals surface area contributed by atoms with Gasteiger partial charge < -0.3 is 11.1 Å². The molecule has 0 aliphatic carbocycles. The summed E-state index contributed by atoms with van der Waals surface area (Å²) < 4.78 is 0. The molecule has 4 nitrogen and oxygen atoms in total. The minimum absolute atomic E-state index is 0. The first-order valence-electron chi connectivity index (χ1n) is 4.66. The molecule has 0 radical (unpaired) electrons. The molecular weight excluding hydrogens is 269 g/mol. The van der Waals surface area contributed by atoms with Crippen LogP contribution in [0.15, 0.2) is 5.38 Å². The Labute approximate surface area is 112 Å². The monoisotopic (exact) mass is 285 g/mol. The predicted octanol–water partition coefficient (Wildman–Crippen LogP) is 1.17. The van der Waals surface area contributed by atoms with E-state index in [1.165, 1.54) is 0 Å². The lowest BCUT2D eigenvalue weighted by Gasteiger charge is -2.00. The van der Waals surface area contributed by atoms with E-state index in [9.17, 15) is 4.79 Å². The van der Waals surface area contributed by atoms with Gasteiger partial charge in [0, 0.05) is 18.5 Å². The van der Waals surface area contributed by atoms with E-state index in [0.29, 0.717) is 19.5 Å². The van der Waals surface area contributed by atoms with Crippen molar-refractivity contribution in [3.05, 3.63) is 16.1 Å². The van der Waals surface area contributed by atoms with Crippen molar-refractivity contribution in [1.82, 2.24) is 10.3 Å². The molecule has 0 fully saturated rings. The number of hydrogen-bond acceptors (Lipinski definition) is 4. The Morgan fingerprint density at radius 1 is 1.56 bits per heavy atom. The molecule has 1 aromatic heterocycles. The summed E-state index contributed by atoms with van der Waals surface area (Å²) in [5, 5.41) is 5.72. The van der Waals surface area contributed by atoms with Crippen molar-refractivity contribution in [3.63, 3.8) is 0 Å². The first-order valence-corrected chi connectivity index (χ1v) is 5.54. The van der Waals surface area contributed by atoms with E-state index < -0.39 is 0 Å². The zero-order valence-electron chi connectivity index (χ0n) is 9.06. The summed E-state index contributed by atoms with van der Waals surface area (Å²) in [6, 6.07) is 0. The van der Waals surface area contributed by atoms with Crippen molar-refractivity contribution < 1.29 is 4.79 Å². The lowest BCUT2D eigenvalue weighted by Crippen LogP contribution is -2.30. The van der Waals surface area contributed by atoms with Crippen molar-refractivity contribution >= 4 is 42.1 Å². The second-order valence-corrected chi connectivity index (χ2v) is 3.84. The van der Waals surface area contributed by atoms with Crippen LogP contribution in [0.25, 0.3) is 0 Å². The molecule has 1 rings (SSSR count). The van der Waals surface area contributed by atoms with Gasteiger partial charge in [-0.15, -0.1) is 36.2 Å². The molecular formula is C9H17Cl2N3OS. The molecule has 7 heteroatoms. The third kappa shape index (κ3) is 6.27. The number of halogens is 2. The van der Waals surface area contributed by atoms with E-state index in [2.05, 4.69) is 17.2 Å². The average molecular weight is 286 g/mol.